The molecule has 0 aromatic carbocycles. The van der Waals surface area contributed by atoms with E-state index in [2.05, 4.69) is 59.1 Å². The van der Waals surface area contributed by atoms with Crippen molar-refractivity contribution in [3.05, 3.63) is 11.1 Å². The summed E-state index contributed by atoms with van der Waals surface area (Å²) in [5, 5.41) is 17.4. The summed E-state index contributed by atoms with van der Waals surface area (Å²) in [5.41, 5.74) is 1.65. The standard InChI is InChI=1S/C42H70N2O5/c1-27(2)34-29(45)26-42(44-33(47)16-14-12-11-13-15-25-43-36(48)49-37(3,4)5)24-23-40(9)28(35(34)42)17-18-31-39(8)21-20-32(46)38(6,7)30(39)19-22-41(31,40)10/h27-28,30-32,46H,11-26H2,1-10H3,(H,43,48)(H,44,47)/t28-,30+,31-,32+,39+,40-,41-,42-/m1/s1. The number of ketones is 1. The van der Waals surface area contributed by atoms with Crippen molar-refractivity contribution in [3.63, 3.8) is 0 Å². The Balaban J connectivity index is 1.25. The summed E-state index contributed by atoms with van der Waals surface area (Å²) in [4.78, 5) is 39.4. The molecule has 2 amide bonds. The fraction of sp³-hybridized carbons (Fsp3) is 0.881. The average molecular weight is 683 g/mol. The second-order valence-electron chi connectivity index (χ2n) is 19.6. The lowest BCUT2D eigenvalue weighted by Crippen LogP contribution is -2.67. The SMILES string of the molecule is CC(C)C1=C2[C@H]3CC[C@@H]4[C@@]5(C)CC[C@H](O)C(C)(C)[C@@H]5CC[C@@]4(C)[C@]3(C)CC[C@@]2(NC(=O)CCCCCCCNC(=O)OC(C)(C)C)CC1=O. The van der Waals surface area contributed by atoms with Crippen LogP contribution >= 0.6 is 0 Å². The molecule has 5 aliphatic rings. The summed E-state index contributed by atoms with van der Waals surface area (Å²) >= 11 is 0. The zero-order valence-corrected chi connectivity index (χ0v) is 32.8. The van der Waals surface area contributed by atoms with Crippen LogP contribution in [0.25, 0.3) is 0 Å². The number of amides is 2. The van der Waals surface area contributed by atoms with Gasteiger partial charge in [-0.2, -0.15) is 0 Å². The van der Waals surface area contributed by atoms with Gasteiger partial charge in [-0.25, -0.2) is 4.79 Å². The second kappa shape index (κ2) is 13.6. The number of aliphatic hydroxyl groups excluding tert-OH is 1. The molecule has 4 fully saturated rings. The maximum Gasteiger partial charge on any atom is 0.407 e. The quantitative estimate of drug-likeness (QED) is 0.200. The maximum atomic E-state index is 13.9. The van der Waals surface area contributed by atoms with E-state index >= 15 is 0 Å². The van der Waals surface area contributed by atoms with E-state index in [0.29, 0.717) is 37.1 Å². The van der Waals surface area contributed by atoms with Crippen LogP contribution in [-0.2, 0) is 14.3 Å². The van der Waals surface area contributed by atoms with E-state index in [4.69, 9.17) is 4.74 Å². The van der Waals surface area contributed by atoms with E-state index in [1.54, 1.807) is 0 Å². The number of allylic oxidation sites excluding steroid dienone is 1. The van der Waals surface area contributed by atoms with Crippen LogP contribution in [0.2, 0.25) is 0 Å². The molecule has 49 heavy (non-hydrogen) atoms. The number of alkyl carbamates (subject to hydrolysis) is 1. The largest absolute Gasteiger partial charge is 0.444 e. The van der Waals surface area contributed by atoms with Gasteiger partial charge in [0.2, 0.25) is 5.91 Å². The van der Waals surface area contributed by atoms with Gasteiger partial charge in [0.1, 0.15) is 5.60 Å². The summed E-state index contributed by atoms with van der Waals surface area (Å²) in [6.07, 6.45) is 13.5. The number of aliphatic hydroxyl groups is 1. The van der Waals surface area contributed by atoms with Gasteiger partial charge in [0.15, 0.2) is 5.78 Å². The van der Waals surface area contributed by atoms with Crippen molar-refractivity contribution >= 4 is 17.8 Å². The van der Waals surface area contributed by atoms with E-state index in [-0.39, 0.29) is 51.5 Å². The number of ether oxygens (including phenoxy) is 1. The average Bonchev–Trinajstić information content (AvgIpc) is 3.27. The molecule has 3 N–H and O–H groups in total. The third-order valence-electron chi connectivity index (χ3n) is 15.0. The molecule has 7 heteroatoms. The van der Waals surface area contributed by atoms with E-state index in [1.807, 2.05) is 20.8 Å². The second-order valence-corrected chi connectivity index (χ2v) is 19.6. The lowest BCUT2D eigenvalue weighted by Gasteiger charge is -2.72. The van der Waals surface area contributed by atoms with Gasteiger partial charge >= 0.3 is 6.09 Å². The first-order valence-corrected chi connectivity index (χ1v) is 20.0. The zero-order chi connectivity index (χ0) is 36.2. The van der Waals surface area contributed by atoms with Crippen LogP contribution < -0.4 is 10.6 Å². The lowest BCUT2D eigenvalue weighted by molar-refractivity contribution is -0.227. The molecule has 7 nitrogen and oxygen atoms in total. The molecule has 5 rings (SSSR count). The van der Waals surface area contributed by atoms with Crippen molar-refractivity contribution in [1.82, 2.24) is 10.6 Å². The monoisotopic (exact) mass is 683 g/mol. The van der Waals surface area contributed by atoms with Gasteiger partial charge in [-0.3, -0.25) is 9.59 Å². The summed E-state index contributed by atoms with van der Waals surface area (Å²) in [6.45, 7) is 22.8. The van der Waals surface area contributed by atoms with Gasteiger partial charge in [-0.15, -0.1) is 0 Å². The molecule has 0 aliphatic heterocycles. The maximum absolute atomic E-state index is 13.9. The Bertz CT molecular complexity index is 1310. The Morgan fingerprint density at radius 2 is 1.53 bits per heavy atom. The zero-order valence-electron chi connectivity index (χ0n) is 32.8. The van der Waals surface area contributed by atoms with Crippen molar-refractivity contribution < 1.29 is 24.2 Å². The van der Waals surface area contributed by atoms with Gasteiger partial charge in [0.05, 0.1) is 11.6 Å². The van der Waals surface area contributed by atoms with Gasteiger partial charge in [0, 0.05) is 19.4 Å². The molecule has 0 spiro atoms. The molecule has 0 aromatic rings. The molecule has 0 heterocycles. The third-order valence-corrected chi connectivity index (χ3v) is 15.0. The summed E-state index contributed by atoms with van der Waals surface area (Å²) in [7, 11) is 0. The van der Waals surface area contributed by atoms with Crippen molar-refractivity contribution in [2.45, 2.75) is 183 Å². The Labute approximate surface area is 297 Å². The normalized spacial score (nSPS) is 38.3. The molecule has 278 valence electrons. The van der Waals surface area contributed by atoms with Crippen LogP contribution in [0.3, 0.4) is 0 Å². The number of Topliss-reactive ketones (excluding diaryl/α,β-unsaturated/α-hetero) is 1. The van der Waals surface area contributed by atoms with E-state index in [1.165, 1.54) is 12.0 Å². The van der Waals surface area contributed by atoms with Crippen molar-refractivity contribution in [3.8, 4) is 0 Å². The lowest BCUT2D eigenvalue weighted by atomic mass is 9.33. The van der Waals surface area contributed by atoms with Gasteiger partial charge < -0.3 is 20.5 Å². The minimum atomic E-state index is -0.535. The fourth-order valence-electron chi connectivity index (χ4n) is 12.5. The fourth-order valence-corrected chi connectivity index (χ4v) is 12.5. The first-order valence-electron chi connectivity index (χ1n) is 20.0. The number of carbonyl (C=O) groups is 3. The highest BCUT2D eigenvalue weighted by atomic mass is 16.6. The molecular formula is C42H70N2O5. The number of nitrogens with one attached hydrogen (secondary N) is 2. The van der Waals surface area contributed by atoms with Crippen LogP contribution in [0.4, 0.5) is 4.79 Å². The van der Waals surface area contributed by atoms with Crippen LogP contribution in [0.15, 0.2) is 11.1 Å². The smallest absolute Gasteiger partial charge is 0.407 e. The van der Waals surface area contributed by atoms with Gasteiger partial charge in [-0.05, 0) is 141 Å². The Kier molecular flexibility index (Phi) is 10.6. The molecule has 8 atom stereocenters. The summed E-state index contributed by atoms with van der Waals surface area (Å²) < 4.78 is 5.30. The Hall–Kier alpha value is -1.89. The Morgan fingerprint density at radius 1 is 0.857 bits per heavy atom. The summed E-state index contributed by atoms with van der Waals surface area (Å²) in [5.74, 6) is 1.91. The highest BCUT2D eigenvalue weighted by Gasteiger charge is 2.70. The number of rotatable bonds is 10. The molecule has 0 saturated heterocycles. The van der Waals surface area contributed by atoms with Crippen LogP contribution in [0.5, 0.6) is 0 Å². The molecule has 5 aliphatic carbocycles. The number of carbonyl (C=O) groups excluding carboxylic acids is 3. The molecule has 0 unspecified atom stereocenters. The molecular weight excluding hydrogens is 612 g/mol. The van der Waals surface area contributed by atoms with Crippen molar-refractivity contribution in [2.75, 3.05) is 6.54 Å². The van der Waals surface area contributed by atoms with E-state index in [9.17, 15) is 19.5 Å². The summed E-state index contributed by atoms with van der Waals surface area (Å²) in [6, 6.07) is 0. The van der Waals surface area contributed by atoms with Crippen molar-refractivity contribution in [2.24, 2.45) is 45.3 Å². The Morgan fingerprint density at radius 3 is 2.20 bits per heavy atom. The van der Waals surface area contributed by atoms with E-state index in [0.717, 1.165) is 82.6 Å². The predicted octanol–water partition coefficient (Wildman–Crippen LogP) is 9.06. The number of hydrogen-bond donors (Lipinski definition) is 3. The molecule has 0 aromatic heterocycles. The minimum Gasteiger partial charge on any atom is -0.444 e. The van der Waals surface area contributed by atoms with Crippen LogP contribution in [-0.4, -0.2) is 46.7 Å². The predicted molar refractivity (Wildman–Crippen MR) is 196 cm³/mol. The topological polar surface area (TPSA) is 105 Å². The first kappa shape index (κ1) is 38.3. The minimum absolute atomic E-state index is 0.0662. The van der Waals surface area contributed by atoms with Crippen LogP contribution in [0.1, 0.15) is 166 Å². The number of unbranched alkanes of at least 4 members (excludes halogenated alkanes) is 4. The van der Waals surface area contributed by atoms with Gasteiger partial charge in [0.25, 0.3) is 0 Å². The number of hydrogen-bond acceptors (Lipinski definition) is 5. The molecule has 0 bridgehead atoms. The molecule has 0 radical (unpaired) electrons. The van der Waals surface area contributed by atoms with Gasteiger partial charge in [-0.1, -0.05) is 67.7 Å². The van der Waals surface area contributed by atoms with Crippen LogP contribution in [0, 0.1) is 45.3 Å². The van der Waals surface area contributed by atoms with Crippen molar-refractivity contribution in [1.29, 1.82) is 0 Å². The third kappa shape index (κ3) is 6.77. The van der Waals surface area contributed by atoms with E-state index < -0.39 is 11.1 Å². The highest BCUT2D eigenvalue weighted by Crippen LogP contribution is 2.75. The molecule has 4 saturated carbocycles. The first-order chi connectivity index (χ1) is 22.7. The number of fused-ring (bicyclic) bond motifs is 7. The highest BCUT2D eigenvalue weighted by molar-refractivity contribution is 6.02.